The topological polar surface area (TPSA) is 85.5 Å². The van der Waals surface area contributed by atoms with Crippen molar-refractivity contribution in [1.82, 2.24) is 26.8 Å². The average molecular weight is 247 g/mol. The third-order valence-corrected chi connectivity index (χ3v) is 3.23. The van der Waals surface area contributed by atoms with Gasteiger partial charge in [-0.25, -0.2) is 10.9 Å². The maximum absolute atomic E-state index is 12.2. The van der Waals surface area contributed by atoms with Crippen LogP contribution in [0.3, 0.4) is 0 Å². The molecule has 2 heterocycles. The summed E-state index contributed by atoms with van der Waals surface area (Å²) in [5, 5.41) is 0. The Morgan fingerprint density at radius 2 is 1.56 bits per heavy atom. The highest BCUT2D eigenvalue weighted by atomic mass is 16.2. The Bertz CT molecular complexity index is 477. The highest BCUT2D eigenvalue weighted by Crippen LogP contribution is 2.24. The molecule has 3 rings (SSSR count). The van der Waals surface area contributed by atoms with Gasteiger partial charge in [-0.2, -0.15) is 11.1 Å². The molecule has 2 aliphatic rings. The van der Waals surface area contributed by atoms with E-state index >= 15 is 0 Å². The predicted octanol–water partition coefficient (Wildman–Crippen LogP) is -0.886. The van der Waals surface area contributed by atoms with Gasteiger partial charge in [0.05, 0.1) is 17.2 Å². The van der Waals surface area contributed by atoms with Gasteiger partial charge in [0.2, 0.25) is 0 Å². The second-order valence-electron chi connectivity index (χ2n) is 4.28. The van der Waals surface area contributed by atoms with Crippen LogP contribution >= 0.6 is 0 Å². The number of rotatable bonds is 2. The largest absolute Gasteiger partial charge is 0.269 e. The summed E-state index contributed by atoms with van der Waals surface area (Å²) in [6.45, 7) is 1.81. The molecule has 1 saturated heterocycles. The van der Waals surface area contributed by atoms with Gasteiger partial charge < -0.3 is 0 Å². The van der Waals surface area contributed by atoms with Crippen LogP contribution in [0.4, 0.5) is 0 Å². The van der Waals surface area contributed by atoms with Crippen LogP contribution in [0.5, 0.6) is 0 Å². The molecular formula is C11H13N5O2. The molecule has 1 unspecified atom stereocenters. The fourth-order valence-corrected chi connectivity index (χ4v) is 2.23. The Kier molecular flexibility index (Phi) is 2.60. The zero-order valence-corrected chi connectivity index (χ0v) is 9.73. The van der Waals surface area contributed by atoms with Crippen molar-refractivity contribution in [2.75, 3.05) is 0 Å². The van der Waals surface area contributed by atoms with Gasteiger partial charge in [-0.1, -0.05) is 12.1 Å². The zero-order valence-electron chi connectivity index (χ0n) is 9.73. The molecule has 94 valence electrons. The van der Waals surface area contributed by atoms with E-state index in [4.69, 9.17) is 0 Å². The molecule has 0 aromatic heterocycles. The number of carbonyl (C=O) groups is 2. The highest BCUT2D eigenvalue weighted by molar-refractivity contribution is 6.21. The number of hydrogen-bond acceptors (Lipinski definition) is 6. The molecule has 1 aromatic carbocycles. The molecule has 1 atom stereocenters. The molecule has 4 N–H and O–H groups in total. The van der Waals surface area contributed by atoms with Crippen molar-refractivity contribution in [2.45, 2.75) is 19.1 Å². The van der Waals surface area contributed by atoms with E-state index in [1.54, 1.807) is 31.2 Å². The van der Waals surface area contributed by atoms with Gasteiger partial charge in [-0.15, -0.1) is 0 Å². The van der Waals surface area contributed by atoms with Crippen LogP contribution in [-0.2, 0) is 0 Å². The van der Waals surface area contributed by atoms with E-state index in [1.807, 2.05) is 0 Å². The molecule has 7 nitrogen and oxygen atoms in total. The zero-order chi connectivity index (χ0) is 12.7. The Morgan fingerprint density at radius 3 is 2.06 bits per heavy atom. The van der Waals surface area contributed by atoms with Crippen LogP contribution in [0.2, 0.25) is 0 Å². The number of carbonyl (C=O) groups excluding carboxylic acids is 2. The van der Waals surface area contributed by atoms with Crippen LogP contribution in [0.1, 0.15) is 27.6 Å². The lowest BCUT2D eigenvalue weighted by molar-refractivity contribution is 0.0559. The third kappa shape index (κ3) is 1.53. The van der Waals surface area contributed by atoms with Crippen LogP contribution in [-0.4, -0.2) is 28.9 Å². The molecule has 2 aliphatic heterocycles. The van der Waals surface area contributed by atoms with Crippen LogP contribution in [0, 0.1) is 0 Å². The first kappa shape index (κ1) is 11.3. The van der Waals surface area contributed by atoms with E-state index in [9.17, 15) is 9.59 Å². The summed E-state index contributed by atoms with van der Waals surface area (Å²) in [6, 6.07) is 6.54. The van der Waals surface area contributed by atoms with E-state index in [0.717, 1.165) is 0 Å². The summed E-state index contributed by atoms with van der Waals surface area (Å²) in [4.78, 5) is 25.7. The van der Waals surface area contributed by atoms with E-state index in [2.05, 4.69) is 21.9 Å². The Labute approximate surface area is 103 Å². The SMILES string of the molecule is CC(C1NNNN1)N1C(=O)c2ccccc2C1=O. The molecule has 2 amide bonds. The minimum atomic E-state index is -0.320. The van der Waals surface area contributed by atoms with Crippen LogP contribution in [0.25, 0.3) is 0 Å². The van der Waals surface area contributed by atoms with E-state index in [1.165, 1.54) is 4.90 Å². The fourth-order valence-electron chi connectivity index (χ4n) is 2.23. The van der Waals surface area contributed by atoms with Crippen molar-refractivity contribution in [3.05, 3.63) is 35.4 Å². The first-order valence-corrected chi connectivity index (χ1v) is 5.68. The monoisotopic (exact) mass is 247 g/mol. The highest BCUT2D eigenvalue weighted by Gasteiger charge is 2.41. The summed E-state index contributed by atoms with van der Waals surface area (Å²) in [7, 11) is 0. The summed E-state index contributed by atoms with van der Waals surface area (Å²) in [5.41, 5.74) is 12.0. The van der Waals surface area contributed by atoms with Gasteiger partial charge in [0.15, 0.2) is 0 Å². The lowest BCUT2D eigenvalue weighted by Gasteiger charge is -2.26. The number of nitrogens with zero attached hydrogens (tertiary/aromatic N) is 1. The summed E-state index contributed by atoms with van der Waals surface area (Å²) >= 11 is 0. The minimum absolute atomic E-state index is 0.243. The van der Waals surface area contributed by atoms with Crippen molar-refractivity contribution < 1.29 is 9.59 Å². The number of fused-ring (bicyclic) bond motifs is 1. The van der Waals surface area contributed by atoms with Crippen molar-refractivity contribution in [3.8, 4) is 0 Å². The molecule has 0 radical (unpaired) electrons. The van der Waals surface area contributed by atoms with Gasteiger partial charge in [0, 0.05) is 0 Å². The third-order valence-electron chi connectivity index (χ3n) is 3.23. The number of hydrazine groups is 3. The first-order valence-electron chi connectivity index (χ1n) is 5.68. The molecule has 0 saturated carbocycles. The molecule has 1 aromatic rings. The van der Waals surface area contributed by atoms with Gasteiger partial charge in [0.25, 0.3) is 11.8 Å². The number of nitrogens with one attached hydrogen (secondary N) is 4. The number of amides is 2. The van der Waals surface area contributed by atoms with E-state index < -0.39 is 0 Å². The fraction of sp³-hybridized carbons (Fsp3) is 0.273. The molecular weight excluding hydrogens is 234 g/mol. The molecule has 7 heteroatoms. The Hall–Kier alpha value is -1.80. The van der Waals surface area contributed by atoms with Crippen molar-refractivity contribution in [2.24, 2.45) is 0 Å². The summed E-state index contributed by atoms with van der Waals surface area (Å²) < 4.78 is 0. The van der Waals surface area contributed by atoms with Crippen LogP contribution in [0.15, 0.2) is 24.3 Å². The molecule has 0 spiro atoms. The second kappa shape index (κ2) is 4.14. The summed E-state index contributed by atoms with van der Waals surface area (Å²) in [5.74, 6) is -0.503. The number of benzene rings is 1. The number of hydrogen-bond donors (Lipinski definition) is 4. The smallest absolute Gasteiger partial charge is 0.261 e. The second-order valence-corrected chi connectivity index (χ2v) is 4.28. The van der Waals surface area contributed by atoms with Crippen molar-refractivity contribution in [3.63, 3.8) is 0 Å². The maximum Gasteiger partial charge on any atom is 0.261 e. The van der Waals surface area contributed by atoms with Crippen molar-refractivity contribution >= 4 is 11.8 Å². The Morgan fingerprint density at radius 1 is 1.06 bits per heavy atom. The quantitative estimate of drug-likeness (QED) is 0.508. The van der Waals surface area contributed by atoms with Gasteiger partial charge in [0.1, 0.15) is 6.17 Å². The minimum Gasteiger partial charge on any atom is -0.269 e. The summed E-state index contributed by atoms with van der Waals surface area (Å²) in [6.07, 6.45) is -0.243. The standard InChI is InChI=1S/C11H13N5O2/c1-6(9-12-14-15-13-9)16-10(17)7-4-2-3-5-8(7)11(16)18/h2-6,9,12-15H,1H3. The lowest BCUT2D eigenvalue weighted by atomic mass is 10.1. The average Bonchev–Trinajstić information content (AvgIpc) is 2.99. The number of imide groups is 1. The molecule has 0 aliphatic carbocycles. The Balaban J connectivity index is 1.91. The normalized spacial score (nSPS) is 21.5. The van der Waals surface area contributed by atoms with Gasteiger partial charge >= 0.3 is 0 Å². The maximum atomic E-state index is 12.2. The lowest BCUT2D eigenvalue weighted by Crippen LogP contribution is -2.53. The van der Waals surface area contributed by atoms with Gasteiger partial charge in [-0.05, 0) is 19.1 Å². The molecule has 1 fully saturated rings. The van der Waals surface area contributed by atoms with Crippen molar-refractivity contribution in [1.29, 1.82) is 0 Å². The predicted molar refractivity (Wildman–Crippen MR) is 62.7 cm³/mol. The van der Waals surface area contributed by atoms with E-state index in [0.29, 0.717) is 11.1 Å². The first-order chi connectivity index (χ1) is 8.70. The van der Waals surface area contributed by atoms with Crippen LogP contribution < -0.4 is 21.9 Å². The molecule has 18 heavy (non-hydrogen) atoms. The molecule has 0 bridgehead atoms. The van der Waals surface area contributed by atoms with Gasteiger partial charge in [-0.3, -0.25) is 14.5 Å². The van der Waals surface area contributed by atoms with E-state index in [-0.39, 0.29) is 24.0 Å².